The van der Waals surface area contributed by atoms with Gasteiger partial charge in [-0.25, -0.2) is 4.98 Å². The van der Waals surface area contributed by atoms with Gasteiger partial charge in [0.15, 0.2) is 5.65 Å². The van der Waals surface area contributed by atoms with Crippen molar-refractivity contribution in [2.45, 2.75) is 19.4 Å². The summed E-state index contributed by atoms with van der Waals surface area (Å²) in [5.74, 6) is 1.53. The van der Waals surface area contributed by atoms with Crippen LogP contribution in [0.1, 0.15) is 17.8 Å². The Morgan fingerprint density at radius 2 is 2.25 bits per heavy atom. The Kier molecular flexibility index (Phi) is 3.48. The Labute approximate surface area is 138 Å². The van der Waals surface area contributed by atoms with Crippen LogP contribution in [0, 0.1) is 0 Å². The molecule has 24 heavy (non-hydrogen) atoms. The molecule has 4 rings (SSSR count). The molecule has 0 radical (unpaired) electrons. The third kappa shape index (κ3) is 2.42. The lowest BCUT2D eigenvalue weighted by molar-refractivity contribution is 0.414. The zero-order valence-electron chi connectivity index (χ0n) is 13.7. The van der Waals surface area contributed by atoms with Crippen LogP contribution in [0.2, 0.25) is 0 Å². The van der Waals surface area contributed by atoms with Crippen LogP contribution in [0.4, 0.5) is 5.69 Å². The normalized spacial score (nSPS) is 14.0. The number of nitrogens with zero attached hydrogens (tertiary/aromatic N) is 4. The highest BCUT2D eigenvalue weighted by Gasteiger charge is 2.19. The van der Waals surface area contributed by atoms with Crippen molar-refractivity contribution in [2.24, 2.45) is 7.05 Å². The van der Waals surface area contributed by atoms with Crippen molar-refractivity contribution in [3.8, 4) is 5.75 Å². The van der Waals surface area contributed by atoms with Gasteiger partial charge < -0.3 is 14.6 Å². The van der Waals surface area contributed by atoms with Gasteiger partial charge in [0.1, 0.15) is 17.0 Å². The molecule has 0 atom stereocenters. The van der Waals surface area contributed by atoms with Gasteiger partial charge in [-0.2, -0.15) is 5.10 Å². The summed E-state index contributed by atoms with van der Waals surface area (Å²) in [4.78, 5) is 21.9. The average molecular weight is 325 g/mol. The van der Waals surface area contributed by atoms with Crippen molar-refractivity contribution in [2.75, 3.05) is 18.6 Å². The molecule has 124 valence electrons. The third-order valence-electron chi connectivity index (χ3n) is 4.49. The Balaban J connectivity index is 1.70. The molecule has 1 N–H and O–H groups in total. The number of anilines is 1. The van der Waals surface area contributed by atoms with Crippen LogP contribution in [0.25, 0.3) is 11.0 Å². The molecule has 0 amide bonds. The number of fused-ring (bicyclic) bond motifs is 2. The van der Waals surface area contributed by atoms with Gasteiger partial charge in [-0.1, -0.05) is 0 Å². The van der Waals surface area contributed by atoms with E-state index in [0.717, 1.165) is 25.1 Å². The summed E-state index contributed by atoms with van der Waals surface area (Å²) in [6.07, 6.45) is 3.65. The Morgan fingerprint density at radius 1 is 1.38 bits per heavy atom. The van der Waals surface area contributed by atoms with E-state index >= 15 is 0 Å². The van der Waals surface area contributed by atoms with Crippen LogP contribution in [-0.2, 0) is 20.0 Å². The molecule has 2 aromatic heterocycles. The van der Waals surface area contributed by atoms with Gasteiger partial charge in [0.05, 0.1) is 19.9 Å². The molecule has 0 saturated carbocycles. The molecule has 1 aromatic carbocycles. The fourth-order valence-corrected chi connectivity index (χ4v) is 3.28. The van der Waals surface area contributed by atoms with Gasteiger partial charge in [0, 0.05) is 19.3 Å². The SMILES string of the molecule is COc1ccc2c(c1)CCCN2Cc1nc2c(cnn2C)c(=O)[nH]1. The van der Waals surface area contributed by atoms with E-state index in [1.54, 1.807) is 25.0 Å². The smallest absolute Gasteiger partial charge is 0.262 e. The molecule has 0 spiro atoms. The van der Waals surface area contributed by atoms with Crippen LogP contribution >= 0.6 is 0 Å². The molecule has 1 aliphatic rings. The molecule has 0 aliphatic carbocycles. The highest BCUT2D eigenvalue weighted by atomic mass is 16.5. The second-order valence-corrected chi connectivity index (χ2v) is 6.04. The number of H-pyrrole nitrogens is 1. The predicted molar refractivity (Wildman–Crippen MR) is 91.5 cm³/mol. The van der Waals surface area contributed by atoms with Gasteiger partial charge in [0.2, 0.25) is 0 Å². The number of hydrogen-bond acceptors (Lipinski definition) is 5. The van der Waals surface area contributed by atoms with E-state index < -0.39 is 0 Å². The molecule has 7 nitrogen and oxygen atoms in total. The Morgan fingerprint density at radius 3 is 3.08 bits per heavy atom. The molecule has 0 unspecified atom stereocenters. The minimum atomic E-state index is -0.143. The summed E-state index contributed by atoms with van der Waals surface area (Å²) in [6.45, 7) is 1.50. The summed E-state index contributed by atoms with van der Waals surface area (Å²) >= 11 is 0. The van der Waals surface area contributed by atoms with Crippen LogP contribution in [0.15, 0.2) is 29.2 Å². The maximum Gasteiger partial charge on any atom is 0.262 e. The molecule has 7 heteroatoms. The molecule has 1 aliphatic heterocycles. The van der Waals surface area contributed by atoms with E-state index in [4.69, 9.17) is 4.74 Å². The van der Waals surface area contributed by atoms with Crippen molar-refractivity contribution in [3.05, 3.63) is 46.1 Å². The van der Waals surface area contributed by atoms with Crippen LogP contribution in [0.5, 0.6) is 5.75 Å². The third-order valence-corrected chi connectivity index (χ3v) is 4.49. The molecule has 0 bridgehead atoms. The number of rotatable bonds is 3. The highest BCUT2D eigenvalue weighted by Crippen LogP contribution is 2.31. The lowest BCUT2D eigenvalue weighted by atomic mass is 10.0. The number of methoxy groups -OCH3 is 1. The standard InChI is InChI=1S/C17H19N5O2/c1-21-16-13(9-18-21)17(23)20-15(19-16)10-22-7-3-4-11-8-12(24-2)5-6-14(11)22/h5-6,8-9H,3-4,7,10H2,1-2H3,(H,19,20,23). The lowest BCUT2D eigenvalue weighted by Gasteiger charge is -2.31. The lowest BCUT2D eigenvalue weighted by Crippen LogP contribution is -2.30. The molecular weight excluding hydrogens is 306 g/mol. The van der Waals surface area contributed by atoms with Crippen molar-refractivity contribution in [3.63, 3.8) is 0 Å². The number of aromatic nitrogens is 4. The zero-order chi connectivity index (χ0) is 16.7. The number of benzene rings is 1. The number of ether oxygens (including phenoxy) is 1. The first-order valence-corrected chi connectivity index (χ1v) is 7.98. The van der Waals surface area contributed by atoms with Crippen LogP contribution in [-0.4, -0.2) is 33.4 Å². The van der Waals surface area contributed by atoms with Gasteiger partial charge in [-0.05, 0) is 36.6 Å². The van der Waals surface area contributed by atoms with Crippen molar-refractivity contribution < 1.29 is 4.74 Å². The molecule has 0 saturated heterocycles. The van der Waals surface area contributed by atoms with E-state index in [0.29, 0.717) is 23.4 Å². The second-order valence-electron chi connectivity index (χ2n) is 6.04. The van der Waals surface area contributed by atoms with E-state index in [2.05, 4.69) is 32.1 Å². The number of aromatic amines is 1. The first kappa shape index (κ1) is 14.7. The summed E-state index contributed by atoms with van der Waals surface area (Å²) in [5, 5.41) is 4.62. The van der Waals surface area contributed by atoms with Crippen LogP contribution in [0.3, 0.4) is 0 Å². The van der Waals surface area contributed by atoms with Gasteiger partial charge in [-0.3, -0.25) is 9.48 Å². The molecule has 0 fully saturated rings. The minimum Gasteiger partial charge on any atom is -0.497 e. The van der Waals surface area contributed by atoms with Crippen molar-refractivity contribution >= 4 is 16.7 Å². The maximum atomic E-state index is 12.2. The fraction of sp³-hybridized carbons (Fsp3) is 0.353. The van der Waals surface area contributed by atoms with E-state index in [1.165, 1.54) is 11.3 Å². The number of nitrogens with one attached hydrogen (secondary N) is 1. The summed E-state index contributed by atoms with van der Waals surface area (Å²) in [6, 6.07) is 6.13. The first-order valence-electron chi connectivity index (χ1n) is 7.98. The van der Waals surface area contributed by atoms with E-state index in [-0.39, 0.29) is 5.56 Å². The topological polar surface area (TPSA) is 76.0 Å². The van der Waals surface area contributed by atoms with E-state index in [1.807, 2.05) is 6.07 Å². The molecule has 3 heterocycles. The Hall–Kier alpha value is -2.83. The van der Waals surface area contributed by atoms with Gasteiger partial charge in [0.25, 0.3) is 5.56 Å². The van der Waals surface area contributed by atoms with Crippen LogP contribution < -0.4 is 15.2 Å². The summed E-state index contributed by atoms with van der Waals surface area (Å²) in [5.41, 5.74) is 2.91. The Bertz CT molecular complexity index is 959. The largest absolute Gasteiger partial charge is 0.497 e. The molecular formula is C17H19N5O2. The molecule has 3 aromatic rings. The van der Waals surface area contributed by atoms with Gasteiger partial charge in [-0.15, -0.1) is 0 Å². The first-order chi connectivity index (χ1) is 11.7. The van der Waals surface area contributed by atoms with Gasteiger partial charge >= 0.3 is 0 Å². The summed E-state index contributed by atoms with van der Waals surface area (Å²) < 4.78 is 6.94. The number of aryl methyl sites for hydroxylation is 2. The average Bonchev–Trinajstić information content (AvgIpc) is 2.96. The fourth-order valence-electron chi connectivity index (χ4n) is 3.28. The highest BCUT2D eigenvalue weighted by molar-refractivity contribution is 5.73. The van der Waals surface area contributed by atoms with Crippen molar-refractivity contribution in [1.29, 1.82) is 0 Å². The maximum absolute atomic E-state index is 12.2. The zero-order valence-corrected chi connectivity index (χ0v) is 13.7. The summed E-state index contributed by atoms with van der Waals surface area (Å²) in [7, 11) is 3.47. The quantitative estimate of drug-likeness (QED) is 0.792. The monoisotopic (exact) mass is 325 g/mol. The van der Waals surface area contributed by atoms with Crippen molar-refractivity contribution in [1.82, 2.24) is 19.7 Å². The minimum absolute atomic E-state index is 0.143. The predicted octanol–water partition coefficient (Wildman–Crippen LogP) is 1.62. The number of hydrogen-bond donors (Lipinski definition) is 1. The second kappa shape index (κ2) is 5.67. The van der Waals surface area contributed by atoms with E-state index in [9.17, 15) is 4.79 Å².